The summed E-state index contributed by atoms with van der Waals surface area (Å²) in [5.74, 6) is -0.379. The Morgan fingerprint density at radius 1 is 1.08 bits per heavy atom. The van der Waals surface area contributed by atoms with Crippen LogP contribution in [-0.2, 0) is 21.0 Å². The molecule has 0 unspecified atom stereocenters. The first-order valence-corrected chi connectivity index (χ1v) is 10.4. The SMILES string of the molecule is CCOC[C@]1(C#N)[C@H](c2ccc(CC)cc2)[C@H]1S(=O)(=O)c1ccccc1. The third kappa shape index (κ3) is 3.04. The lowest BCUT2D eigenvalue weighted by Gasteiger charge is -2.09. The molecule has 1 aliphatic rings. The van der Waals surface area contributed by atoms with Crippen LogP contribution in [0.25, 0.3) is 0 Å². The van der Waals surface area contributed by atoms with Crippen LogP contribution in [0.5, 0.6) is 0 Å². The van der Waals surface area contributed by atoms with Gasteiger partial charge in [-0.1, -0.05) is 49.4 Å². The number of aryl methyl sites for hydroxylation is 1. The Kier molecular flexibility index (Phi) is 5.17. The second kappa shape index (κ2) is 7.22. The van der Waals surface area contributed by atoms with Crippen LogP contribution in [0.3, 0.4) is 0 Å². The summed E-state index contributed by atoms with van der Waals surface area (Å²) in [5, 5.41) is 9.11. The van der Waals surface area contributed by atoms with E-state index in [0.717, 1.165) is 12.0 Å². The highest BCUT2D eigenvalue weighted by Gasteiger charge is 2.72. The van der Waals surface area contributed by atoms with Crippen molar-refractivity contribution in [3.05, 3.63) is 65.7 Å². The van der Waals surface area contributed by atoms with Crippen molar-refractivity contribution in [3.8, 4) is 6.07 Å². The Balaban J connectivity index is 2.04. The molecule has 0 aromatic heterocycles. The van der Waals surface area contributed by atoms with E-state index in [4.69, 9.17) is 4.74 Å². The maximum Gasteiger partial charge on any atom is 0.183 e. The molecule has 5 heteroatoms. The van der Waals surface area contributed by atoms with E-state index < -0.39 is 20.5 Å². The molecule has 0 N–H and O–H groups in total. The molecule has 136 valence electrons. The standard InChI is InChI=1S/C21H23NO3S/c1-3-16-10-12-17(13-11-16)19-20(21(19,14-22)15-25-4-2)26(23,24)18-8-6-5-7-9-18/h5-13,19-20H,3-4,15H2,1-2H3/t19-,20-,21-/m1/s1. The number of nitriles is 1. The van der Waals surface area contributed by atoms with E-state index in [1.54, 1.807) is 30.3 Å². The minimum absolute atomic E-state index is 0.122. The molecule has 2 aromatic rings. The van der Waals surface area contributed by atoms with Crippen LogP contribution in [-0.4, -0.2) is 26.9 Å². The third-order valence-electron chi connectivity index (χ3n) is 5.16. The van der Waals surface area contributed by atoms with Crippen LogP contribution in [0.2, 0.25) is 0 Å². The monoisotopic (exact) mass is 369 g/mol. The minimum atomic E-state index is -3.63. The van der Waals surface area contributed by atoms with Crippen LogP contribution in [0.4, 0.5) is 0 Å². The van der Waals surface area contributed by atoms with Gasteiger partial charge in [-0.25, -0.2) is 8.42 Å². The minimum Gasteiger partial charge on any atom is -0.380 e. The summed E-state index contributed by atoms with van der Waals surface area (Å²) >= 11 is 0. The highest BCUT2D eigenvalue weighted by molar-refractivity contribution is 7.92. The Morgan fingerprint density at radius 2 is 1.73 bits per heavy atom. The number of hydrogen-bond donors (Lipinski definition) is 0. The van der Waals surface area contributed by atoms with Gasteiger partial charge in [0.15, 0.2) is 9.84 Å². The first-order chi connectivity index (χ1) is 12.5. The van der Waals surface area contributed by atoms with Crippen molar-refractivity contribution in [2.45, 2.75) is 36.3 Å². The highest BCUT2D eigenvalue weighted by atomic mass is 32.2. The number of benzene rings is 2. The zero-order valence-electron chi connectivity index (χ0n) is 15.1. The van der Waals surface area contributed by atoms with Crippen molar-refractivity contribution in [3.63, 3.8) is 0 Å². The van der Waals surface area contributed by atoms with Crippen molar-refractivity contribution < 1.29 is 13.2 Å². The molecule has 0 bridgehead atoms. The molecule has 26 heavy (non-hydrogen) atoms. The van der Waals surface area contributed by atoms with Crippen LogP contribution >= 0.6 is 0 Å². The first kappa shape index (κ1) is 18.6. The second-order valence-electron chi connectivity index (χ2n) is 6.64. The van der Waals surface area contributed by atoms with E-state index in [0.29, 0.717) is 6.61 Å². The van der Waals surface area contributed by atoms with Crippen molar-refractivity contribution >= 4 is 9.84 Å². The van der Waals surface area contributed by atoms with Gasteiger partial charge in [0.1, 0.15) is 5.41 Å². The van der Waals surface area contributed by atoms with Gasteiger partial charge in [0.05, 0.1) is 22.8 Å². The Hall–Kier alpha value is -2.16. The Labute approximate surface area is 155 Å². The van der Waals surface area contributed by atoms with Crippen molar-refractivity contribution in [2.75, 3.05) is 13.2 Å². The van der Waals surface area contributed by atoms with Gasteiger partial charge < -0.3 is 4.74 Å². The molecule has 1 saturated carbocycles. The molecule has 2 aromatic carbocycles. The molecule has 0 amide bonds. The van der Waals surface area contributed by atoms with Gasteiger partial charge in [0.2, 0.25) is 0 Å². The highest BCUT2D eigenvalue weighted by Crippen LogP contribution is 2.63. The van der Waals surface area contributed by atoms with Gasteiger partial charge in [0, 0.05) is 12.5 Å². The van der Waals surface area contributed by atoms with Crippen molar-refractivity contribution in [1.29, 1.82) is 5.26 Å². The molecule has 0 spiro atoms. The lowest BCUT2D eigenvalue weighted by molar-refractivity contribution is 0.117. The van der Waals surface area contributed by atoms with Crippen molar-refractivity contribution in [1.82, 2.24) is 0 Å². The number of nitrogens with zero attached hydrogens (tertiary/aromatic N) is 1. The number of hydrogen-bond acceptors (Lipinski definition) is 4. The summed E-state index contributed by atoms with van der Waals surface area (Å²) in [7, 11) is -3.63. The topological polar surface area (TPSA) is 67.2 Å². The molecule has 3 rings (SSSR count). The summed E-state index contributed by atoms with van der Waals surface area (Å²) < 4.78 is 32.0. The molecule has 0 saturated heterocycles. The predicted molar refractivity (Wildman–Crippen MR) is 101 cm³/mol. The van der Waals surface area contributed by atoms with Gasteiger partial charge in [0.25, 0.3) is 0 Å². The fourth-order valence-electron chi connectivity index (χ4n) is 3.66. The maximum atomic E-state index is 13.2. The summed E-state index contributed by atoms with van der Waals surface area (Å²) in [4.78, 5) is 0.258. The van der Waals surface area contributed by atoms with Crippen LogP contribution in [0.15, 0.2) is 59.5 Å². The molecule has 4 nitrogen and oxygen atoms in total. The van der Waals surface area contributed by atoms with Gasteiger partial charge in [-0.3, -0.25) is 0 Å². The van der Waals surface area contributed by atoms with Crippen molar-refractivity contribution in [2.24, 2.45) is 5.41 Å². The van der Waals surface area contributed by atoms with Crippen LogP contribution in [0.1, 0.15) is 30.9 Å². The zero-order chi connectivity index (χ0) is 18.8. The summed E-state index contributed by atoms with van der Waals surface area (Å²) in [6.45, 7) is 4.49. The quantitative estimate of drug-likeness (QED) is 0.746. The Bertz CT molecular complexity index is 901. The second-order valence-corrected chi connectivity index (χ2v) is 8.71. The van der Waals surface area contributed by atoms with E-state index in [1.165, 1.54) is 5.56 Å². The van der Waals surface area contributed by atoms with E-state index in [-0.39, 0.29) is 17.4 Å². The van der Waals surface area contributed by atoms with E-state index >= 15 is 0 Å². The normalized spacial score (nSPS) is 24.8. The average molecular weight is 369 g/mol. The predicted octanol–water partition coefficient (Wildman–Crippen LogP) is 3.74. The maximum absolute atomic E-state index is 13.2. The summed E-state index contributed by atoms with van der Waals surface area (Å²) in [6, 6.07) is 18.6. The summed E-state index contributed by atoms with van der Waals surface area (Å²) in [5.41, 5.74) is 1.02. The van der Waals surface area contributed by atoms with E-state index in [2.05, 4.69) is 13.0 Å². The molecule has 1 aliphatic carbocycles. The number of rotatable bonds is 7. The number of ether oxygens (including phenoxy) is 1. The average Bonchev–Trinajstić information content (AvgIpc) is 3.37. The third-order valence-corrected chi connectivity index (χ3v) is 7.45. The lowest BCUT2D eigenvalue weighted by Crippen LogP contribution is -2.19. The van der Waals surface area contributed by atoms with E-state index in [9.17, 15) is 13.7 Å². The molecule has 0 radical (unpaired) electrons. The molecule has 0 aliphatic heterocycles. The van der Waals surface area contributed by atoms with Crippen LogP contribution in [0, 0.1) is 16.7 Å². The smallest absolute Gasteiger partial charge is 0.183 e. The Morgan fingerprint density at radius 3 is 2.27 bits per heavy atom. The zero-order valence-corrected chi connectivity index (χ0v) is 15.9. The molecular formula is C21H23NO3S. The van der Waals surface area contributed by atoms with E-state index in [1.807, 2.05) is 31.2 Å². The molecule has 0 heterocycles. The molecule has 1 fully saturated rings. The lowest BCUT2D eigenvalue weighted by atomic mass is 10.00. The van der Waals surface area contributed by atoms with Gasteiger partial charge in [-0.05, 0) is 36.6 Å². The molecular weight excluding hydrogens is 346 g/mol. The van der Waals surface area contributed by atoms with Gasteiger partial charge in [-0.2, -0.15) is 5.26 Å². The van der Waals surface area contributed by atoms with Gasteiger partial charge in [-0.15, -0.1) is 0 Å². The fourth-order valence-corrected chi connectivity index (χ4v) is 5.99. The summed E-state index contributed by atoms with van der Waals surface area (Å²) in [6.07, 6.45) is 0.916. The largest absolute Gasteiger partial charge is 0.380 e. The fraction of sp³-hybridized carbons (Fsp3) is 0.381. The first-order valence-electron chi connectivity index (χ1n) is 8.88. The molecule has 3 atom stereocenters. The number of sulfone groups is 1. The van der Waals surface area contributed by atoms with Gasteiger partial charge >= 0.3 is 0 Å². The van der Waals surface area contributed by atoms with Crippen LogP contribution < -0.4 is 0 Å².